The molecule has 4 rings (SSSR count). The van der Waals surface area contributed by atoms with Crippen LogP contribution in [0.4, 0.5) is 0 Å². The number of oxazole rings is 1. The fourth-order valence-electron chi connectivity index (χ4n) is 3.75. The van der Waals surface area contributed by atoms with E-state index in [4.69, 9.17) is 9.15 Å². The van der Waals surface area contributed by atoms with E-state index in [1.54, 1.807) is 11.3 Å². The Balaban J connectivity index is 1.42. The SMILES string of the molecule is Cc1cccc(C(CNC(=O)Cc2nc(-c3cccs3)oc2C)N2CCOCC2)c1. The molecule has 1 saturated heterocycles. The number of nitrogens with zero attached hydrogens (tertiary/aromatic N) is 2. The number of carbonyl (C=O) groups is 1. The lowest BCUT2D eigenvalue weighted by Crippen LogP contribution is -2.44. The summed E-state index contributed by atoms with van der Waals surface area (Å²) in [6, 6.07) is 12.5. The Morgan fingerprint density at radius 2 is 2.07 bits per heavy atom. The first-order chi connectivity index (χ1) is 14.6. The molecule has 1 N–H and O–H groups in total. The molecule has 1 aliphatic heterocycles. The van der Waals surface area contributed by atoms with Crippen molar-refractivity contribution < 1.29 is 13.9 Å². The molecule has 1 amide bonds. The summed E-state index contributed by atoms with van der Waals surface area (Å²) in [6.07, 6.45) is 0.213. The number of ether oxygens (including phenoxy) is 1. The van der Waals surface area contributed by atoms with Gasteiger partial charge in [-0.05, 0) is 30.9 Å². The first-order valence-corrected chi connectivity index (χ1v) is 11.1. The molecule has 0 radical (unpaired) electrons. The number of thiophene rings is 1. The fourth-order valence-corrected chi connectivity index (χ4v) is 4.40. The minimum Gasteiger partial charge on any atom is -0.440 e. The molecule has 6 nitrogen and oxygen atoms in total. The predicted octanol–water partition coefficient (Wildman–Crippen LogP) is 3.75. The van der Waals surface area contributed by atoms with Gasteiger partial charge >= 0.3 is 0 Å². The van der Waals surface area contributed by atoms with Crippen LogP contribution in [0.2, 0.25) is 0 Å². The van der Waals surface area contributed by atoms with Crippen LogP contribution < -0.4 is 5.32 Å². The van der Waals surface area contributed by atoms with E-state index in [0.29, 0.717) is 23.9 Å². The molecule has 0 aliphatic carbocycles. The summed E-state index contributed by atoms with van der Waals surface area (Å²) in [5.74, 6) is 1.23. The molecule has 1 atom stereocenters. The molecule has 0 saturated carbocycles. The Hall–Kier alpha value is -2.48. The van der Waals surface area contributed by atoms with E-state index in [1.165, 1.54) is 11.1 Å². The van der Waals surface area contributed by atoms with Crippen molar-refractivity contribution in [3.05, 3.63) is 64.4 Å². The zero-order chi connectivity index (χ0) is 20.9. The predicted molar refractivity (Wildman–Crippen MR) is 118 cm³/mol. The number of morpholine rings is 1. The molecule has 30 heavy (non-hydrogen) atoms. The van der Waals surface area contributed by atoms with Gasteiger partial charge in [-0.3, -0.25) is 9.69 Å². The molecule has 1 aliphatic rings. The van der Waals surface area contributed by atoms with Crippen molar-refractivity contribution in [2.75, 3.05) is 32.8 Å². The van der Waals surface area contributed by atoms with Gasteiger partial charge in [0.05, 0.1) is 36.2 Å². The van der Waals surface area contributed by atoms with E-state index in [-0.39, 0.29) is 18.4 Å². The summed E-state index contributed by atoms with van der Waals surface area (Å²) in [4.78, 5) is 20.6. The topological polar surface area (TPSA) is 67.6 Å². The van der Waals surface area contributed by atoms with E-state index in [0.717, 1.165) is 31.2 Å². The summed E-state index contributed by atoms with van der Waals surface area (Å²) >= 11 is 1.57. The summed E-state index contributed by atoms with van der Waals surface area (Å²) < 4.78 is 11.3. The van der Waals surface area contributed by atoms with Crippen molar-refractivity contribution in [2.24, 2.45) is 0 Å². The van der Waals surface area contributed by atoms with Crippen LogP contribution in [-0.2, 0) is 16.0 Å². The van der Waals surface area contributed by atoms with Gasteiger partial charge < -0.3 is 14.5 Å². The van der Waals surface area contributed by atoms with Crippen molar-refractivity contribution in [3.8, 4) is 10.8 Å². The van der Waals surface area contributed by atoms with Crippen LogP contribution in [-0.4, -0.2) is 48.6 Å². The lowest BCUT2D eigenvalue weighted by Gasteiger charge is -2.35. The van der Waals surface area contributed by atoms with Gasteiger partial charge in [0, 0.05) is 19.6 Å². The van der Waals surface area contributed by atoms with Gasteiger partial charge in [0.25, 0.3) is 0 Å². The zero-order valence-corrected chi connectivity index (χ0v) is 18.2. The highest BCUT2D eigenvalue weighted by molar-refractivity contribution is 7.13. The molecule has 3 heterocycles. The summed E-state index contributed by atoms with van der Waals surface area (Å²) in [7, 11) is 0. The smallest absolute Gasteiger partial charge is 0.236 e. The Morgan fingerprint density at radius 3 is 2.80 bits per heavy atom. The third-order valence-corrected chi connectivity index (χ3v) is 6.22. The van der Waals surface area contributed by atoms with Crippen LogP contribution in [0.5, 0.6) is 0 Å². The number of nitrogens with one attached hydrogen (secondary N) is 1. The molecule has 2 aromatic heterocycles. The van der Waals surface area contributed by atoms with Crippen molar-refractivity contribution in [2.45, 2.75) is 26.3 Å². The number of rotatable bonds is 7. The molecule has 1 aromatic carbocycles. The van der Waals surface area contributed by atoms with Crippen LogP contribution in [0, 0.1) is 13.8 Å². The van der Waals surface area contributed by atoms with Crippen LogP contribution in [0.3, 0.4) is 0 Å². The van der Waals surface area contributed by atoms with Gasteiger partial charge in [-0.25, -0.2) is 4.98 Å². The molecular weight excluding hydrogens is 398 g/mol. The van der Waals surface area contributed by atoms with Crippen LogP contribution in [0.15, 0.2) is 46.2 Å². The summed E-state index contributed by atoms with van der Waals surface area (Å²) in [5, 5.41) is 5.10. The minimum absolute atomic E-state index is 0.0463. The second-order valence-corrected chi connectivity index (χ2v) is 8.51. The van der Waals surface area contributed by atoms with Crippen molar-refractivity contribution in [1.82, 2.24) is 15.2 Å². The van der Waals surface area contributed by atoms with E-state index in [1.807, 2.05) is 24.4 Å². The average molecular weight is 426 g/mol. The van der Waals surface area contributed by atoms with E-state index in [2.05, 4.69) is 46.4 Å². The second kappa shape index (κ2) is 9.55. The number of aryl methyl sites for hydroxylation is 2. The number of hydrogen-bond acceptors (Lipinski definition) is 6. The monoisotopic (exact) mass is 425 g/mol. The lowest BCUT2D eigenvalue weighted by atomic mass is 10.0. The summed E-state index contributed by atoms with van der Waals surface area (Å²) in [5.41, 5.74) is 3.13. The average Bonchev–Trinajstić information content (AvgIpc) is 3.39. The third-order valence-electron chi connectivity index (χ3n) is 5.36. The van der Waals surface area contributed by atoms with Crippen LogP contribution in [0.25, 0.3) is 10.8 Å². The highest BCUT2D eigenvalue weighted by Crippen LogP contribution is 2.26. The third kappa shape index (κ3) is 4.98. The van der Waals surface area contributed by atoms with E-state index < -0.39 is 0 Å². The molecule has 7 heteroatoms. The largest absolute Gasteiger partial charge is 0.440 e. The molecule has 0 bridgehead atoms. The number of benzene rings is 1. The Bertz CT molecular complexity index is 978. The van der Waals surface area contributed by atoms with Crippen molar-refractivity contribution >= 4 is 17.2 Å². The highest BCUT2D eigenvalue weighted by atomic mass is 32.1. The molecule has 3 aromatic rings. The molecular formula is C23H27N3O3S. The summed E-state index contributed by atoms with van der Waals surface area (Å²) in [6.45, 7) is 7.67. The standard InChI is InChI=1S/C23H27N3O3S/c1-16-5-3-6-18(13-16)20(26-8-10-28-11-9-26)15-24-22(27)14-19-17(2)29-23(25-19)21-7-4-12-30-21/h3-7,12-13,20H,8-11,14-15H2,1-2H3,(H,24,27). The van der Waals surface area contributed by atoms with Gasteiger partial charge in [-0.2, -0.15) is 0 Å². The molecule has 1 unspecified atom stereocenters. The number of aromatic nitrogens is 1. The Labute approximate surface area is 180 Å². The van der Waals surface area contributed by atoms with E-state index in [9.17, 15) is 4.79 Å². The highest BCUT2D eigenvalue weighted by Gasteiger charge is 2.24. The lowest BCUT2D eigenvalue weighted by molar-refractivity contribution is -0.120. The first-order valence-electron chi connectivity index (χ1n) is 10.3. The van der Waals surface area contributed by atoms with Gasteiger partial charge in [0.15, 0.2) is 0 Å². The number of amides is 1. The van der Waals surface area contributed by atoms with Gasteiger partial charge in [0.2, 0.25) is 11.8 Å². The van der Waals surface area contributed by atoms with Gasteiger partial charge in [-0.1, -0.05) is 35.9 Å². The second-order valence-electron chi connectivity index (χ2n) is 7.56. The van der Waals surface area contributed by atoms with Gasteiger partial charge in [0.1, 0.15) is 5.76 Å². The molecule has 1 fully saturated rings. The quantitative estimate of drug-likeness (QED) is 0.624. The zero-order valence-electron chi connectivity index (χ0n) is 17.4. The Kier molecular flexibility index (Phi) is 6.62. The van der Waals surface area contributed by atoms with Crippen LogP contribution in [0.1, 0.15) is 28.6 Å². The maximum atomic E-state index is 12.7. The number of carbonyl (C=O) groups excluding carboxylic acids is 1. The maximum Gasteiger partial charge on any atom is 0.236 e. The van der Waals surface area contributed by atoms with Gasteiger partial charge in [-0.15, -0.1) is 11.3 Å². The van der Waals surface area contributed by atoms with Crippen molar-refractivity contribution in [3.63, 3.8) is 0 Å². The first kappa shape index (κ1) is 20.8. The number of hydrogen-bond donors (Lipinski definition) is 1. The van der Waals surface area contributed by atoms with Crippen LogP contribution >= 0.6 is 11.3 Å². The van der Waals surface area contributed by atoms with Crippen molar-refractivity contribution in [1.29, 1.82) is 0 Å². The minimum atomic E-state index is -0.0463. The molecule has 0 spiro atoms. The maximum absolute atomic E-state index is 12.7. The fraction of sp³-hybridized carbons (Fsp3) is 0.391. The Morgan fingerprint density at radius 1 is 1.23 bits per heavy atom. The van der Waals surface area contributed by atoms with E-state index >= 15 is 0 Å². The normalized spacial score (nSPS) is 15.8. The molecule has 158 valence electrons.